The Labute approximate surface area is 143 Å². The van der Waals surface area contributed by atoms with E-state index in [1.54, 1.807) is 12.2 Å². The van der Waals surface area contributed by atoms with E-state index < -0.39 is 17.8 Å². The zero-order chi connectivity index (χ0) is 18.1. The number of alkyl carbamates (subject to hydrolysis) is 1. The Morgan fingerprint density at radius 2 is 1.92 bits per heavy atom. The SMILES string of the molecule is O=C(NCCC=Cc1ccc(C(F)(F)F)cn1)OCc1ccccc1. The third-order valence-corrected chi connectivity index (χ3v) is 3.20. The van der Waals surface area contributed by atoms with Crippen LogP contribution in [-0.2, 0) is 17.5 Å². The van der Waals surface area contributed by atoms with Crippen LogP contribution in [0.5, 0.6) is 0 Å². The monoisotopic (exact) mass is 350 g/mol. The van der Waals surface area contributed by atoms with Crippen molar-refractivity contribution in [2.45, 2.75) is 19.2 Å². The second kappa shape index (κ2) is 8.86. The van der Waals surface area contributed by atoms with Crippen molar-refractivity contribution in [3.05, 3.63) is 71.6 Å². The number of carbonyl (C=O) groups is 1. The lowest BCUT2D eigenvalue weighted by molar-refractivity contribution is -0.137. The van der Waals surface area contributed by atoms with Crippen LogP contribution in [0.1, 0.15) is 23.2 Å². The third-order valence-electron chi connectivity index (χ3n) is 3.20. The van der Waals surface area contributed by atoms with E-state index in [4.69, 9.17) is 4.74 Å². The zero-order valence-electron chi connectivity index (χ0n) is 13.3. The average Bonchev–Trinajstić information content (AvgIpc) is 2.60. The van der Waals surface area contributed by atoms with Crippen molar-refractivity contribution in [3.63, 3.8) is 0 Å². The fraction of sp³-hybridized carbons (Fsp3) is 0.222. The number of benzene rings is 1. The molecule has 0 aliphatic heterocycles. The van der Waals surface area contributed by atoms with Crippen LogP contribution in [-0.4, -0.2) is 17.6 Å². The number of halogens is 3. The van der Waals surface area contributed by atoms with Gasteiger partial charge in [-0.05, 0) is 30.2 Å². The Kier molecular flexibility index (Phi) is 6.56. The van der Waals surface area contributed by atoms with E-state index in [-0.39, 0.29) is 6.61 Å². The molecule has 1 aromatic heterocycles. The highest BCUT2D eigenvalue weighted by Crippen LogP contribution is 2.28. The molecule has 0 spiro atoms. The van der Waals surface area contributed by atoms with Gasteiger partial charge in [-0.15, -0.1) is 0 Å². The standard InChI is InChI=1S/C18H17F3N2O2/c19-18(20,21)15-9-10-16(23-12-15)8-4-5-11-22-17(24)25-13-14-6-2-1-3-7-14/h1-4,6-10,12H,5,11,13H2,(H,22,24). The summed E-state index contributed by atoms with van der Waals surface area (Å²) in [4.78, 5) is 15.2. The number of hydrogen-bond acceptors (Lipinski definition) is 3. The molecule has 0 bridgehead atoms. The van der Waals surface area contributed by atoms with E-state index >= 15 is 0 Å². The second-order valence-corrected chi connectivity index (χ2v) is 5.15. The fourth-order valence-corrected chi connectivity index (χ4v) is 1.91. The first-order valence-corrected chi connectivity index (χ1v) is 7.59. The van der Waals surface area contributed by atoms with E-state index in [0.717, 1.165) is 17.8 Å². The first-order valence-electron chi connectivity index (χ1n) is 7.59. The van der Waals surface area contributed by atoms with Crippen LogP contribution in [0.25, 0.3) is 6.08 Å². The van der Waals surface area contributed by atoms with Crippen LogP contribution in [0.15, 0.2) is 54.7 Å². The summed E-state index contributed by atoms with van der Waals surface area (Å²) >= 11 is 0. The first-order chi connectivity index (χ1) is 11.9. The summed E-state index contributed by atoms with van der Waals surface area (Å²) < 4.78 is 42.3. The minimum absolute atomic E-state index is 0.192. The van der Waals surface area contributed by atoms with Gasteiger partial charge in [0, 0.05) is 12.7 Å². The topological polar surface area (TPSA) is 51.2 Å². The van der Waals surface area contributed by atoms with Crippen molar-refractivity contribution in [2.75, 3.05) is 6.54 Å². The van der Waals surface area contributed by atoms with Crippen molar-refractivity contribution < 1.29 is 22.7 Å². The molecule has 1 amide bonds. The van der Waals surface area contributed by atoms with Gasteiger partial charge in [-0.1, -0.05) is 36.4 Å². The molecule has 0 aliphatic rings. The van der Waals surface area contributed by atoms with E-state index in [2.05, 4.69) is 10.3 Å². The maximum absolute atomic E-state index is 12.4. The summed E-state index contributed by atoms with van der Waals surface area (Å²) in [6.07, 6.45) is -0.309. The Morgan fingerprint density at radius 1 is 1.16 bits per heavy atom. The molecule has 0 saturated carbocycles. The third kappa shape index (κ3) is 6.66. The lowest BCUT2D eigenvalue weighted by atomic mass is 10.2. The number of alkyl halides is 3. The molecule has 0 unspecified atom stereocenters. The van der Waals surface area contributed by atoms with Crippen molar-refractivity contribution >= 4 is 12.2 Å². The van der Waals surface area contributed by atoms with Gasteiger partial charge < -0.3 is 10.1 Å². The Hall–Kier alpha value is -2.83. The van der Waals surface area contributed by atoms with Gasteiger partial charge >= 0.3 is 12.3 Å². The van der Waals surface area contributed by atoms with E-state index in [0.29, 0.717) is 18.7 Å². The largest absolute Gasteiger partial charge is 0.445 e. The Balaban J connectivity index is 1.66. The van der Waals surface area contributed by atoms with Gasteiger partial charge in [0.25, 0.3) is 0 Å². The molecule has 7 heteroatoms. The van der Waals surface area contributed by atoms with Crippen LogP contribution in [0.2, 0.25) is 0 Å². The molecule has 0 fully saturated rings. The summed E-state index contributed by atoms with van der Waals surface area (Å²) in [5, 5.41) is 2.59. The molecule has 1 N–H and O–H groups in total. The van der Waals surface area contributed by atoms with Crippen LogP contribution >= 0.6 is 0 Å². The van der Waals surface area contributed by atoms with Crippen molar-refractivity contribution in [1.82, 2.24) is 10.3 Å². The summed E-state index contributed by atoms with van der Waals surface area (Å²) in [5.74, 6) is 0. The van der Waals surface area contributed by atoms with Crippen LogP contribution in [0.4, 0.5) is 18.0 Å². The van der Waals surface area contributed by atoms with Gasteiger partial charge in [-0.2, -0.15) is 13.2 Å². The summed E-state index contributed by atoms with van der Waals surface area (Å²) in [6.45, 7) is 0.544. The van der Waals surface area contributed by atoms with Crippen LogP contribution in [0, 0.1) is 0 Å². The lowest BCUT2D eigenvalue weighted by Crippen LogP contribution is -2.24. The summed E-state index contributed by atoms with van der Waals surface area (Å²) in [6, 6.07) is 11.6. The normalized spacial score (nSPS) is 11.5. The molecule has 2 aromatic rings. The fourth-order valence-electron chi connectivity index (χ4n) is 1.91. The number of rotatable bonds is 6. The highest BCUT2D eigenvalue weighted by molar-refractivity contribution is 5.67. The summed E-state index contributed by atoms with van der Waals surface area (Å²) in [5.41, 5.74) is 0.526. The summed E-state index contributed by atoms with van der Waals surface area (Å²) in [7, 11) is 0. The molecule has 25 heavy (non-hydrogen) atoms. The van der Waals surface area contributed by atoms with E-state index in [1.807, 2.05) is 30.3 Å². The van der Waals surface area contributed by atoms with Gasteiger partial charge in [-0.25, -0.2) is 4.79 Å². The predicted octanol–water partition coefficient (Wildman–Crippen LogP) is 4.43. The molecule has 1 heterocycles. The molecule has 0 atom stereocenters. The van der Waals surface area contributed by atoms with Crippen LogP contribution < -0.4 is 5.32 Å². The van der Waals surface area contributed by atoms with E-state index in [9.17, 15) is 18.0 Å². The Morgan fingerprint density at radius 3 is 2.56 bits per heavy atom. The average molecular weight is 350 g/mol. The molecular weight excluding hydrogens is 333 g/mol. The number of aromatic nitrogens is 1. The lowest BCUT2D eigenvalue weighted by Gasteiger charge is -2.06. The van der Waals surface area contributed by atoms with Crippen molar-refractivity contribution in [3.8, 4) is 0 Å². The molecule has 132 valence electrons. The number of nitrogens with one attached hydrogen (secondary N) is 1. The molecule has 2 rings (SSSR count). The van der Waals surface area contributed by atoms with Crippen molar-refractivity contribution in [1.29, 1.82) is 0 Å². The van der Waals surface area contributed by atoms with Crippen LogP contribution in [0.3, 0.4) is 0 Å². The number of ether oxygens (including phenoxy) is 1. The second-order valence-electron chi connectivity index (χ2n) is 5.15. The smallest absolute Gasteiger partial charge is 0.417 e. The zero-order valence-corrected chi connectivity index (χ0v) is 13.3. The maximum Gasteiger partial charge on any atom is 0.417 e. The quantitative estimate of drug-likeness (QED) is 0.784. The van der Waals surface area contributed by atoms with Crippen molar-refractivity contribution in [2.24, 2.45) is 0 Å². The van der Waals surface area contributed by atoms with Gasteiger partial charge in [-0.3, -0.25) is 4.98 Å². The number of carbonyl (C=O) groups excluding carboxylic acids is 1. The minimum atomic E-state index is -4.39. The molecular formula is C18H17F3N2O2. The maximum atomic E-state index is 12.4. The highest BCUT2D eigenvalue weighted by Gasteiger charge is 2.30. The number of hydrogen-bond donors (Lipinski definition) is 1. The molecule has 1 aromatic carbocycles. The predicted molar refractivity (Wildman–Crippen MR) is 87.5 cm³/mol. The van der Waals surface area contributed by atoms with Gasteiger partial charge in [0.05, 0.1) is 11.3 Å². The molecule has 0 saturated heterocycles. The van der Waals surface area contributed by atoms with E-state index in [1.165, 1.54) is 6.07 Å². The highest BCUT2D eigenvalue weighted by atomic mass is 19.4. The van der Waals surface area contributed by atoms with Gasteiger partial charge in [0.1, 0.15) is 6.61 Å². The minimum Gasteiger partial charge on any atom is -0.445 e. The van der Waals surface area contributed by atoms with Gasteiger partial charge in [0.15, 0.2) is 0 Å². The van der Waals surface area contributed by atoms with Gasteiger partial charge in [0.2, 0.25) is 0 Å². The first kappa shape index (κ1) is 18.5. The number of pyridine rings is 1. The number of amides is 1. The molecule has 0 radical (unpaired) electrons. The Bertz CT molecular complexity index is 699. The molecule has 0 aliphatic carbocycles. The number of nitrogens with zero attached hydrogens (tertiary/aromatic N) is 1. The molecule has 4 nitrogen and oxygen atoms in total.